The van der Waals surface area contributed by atoms with Crippen LogP contribution >= 0.6 is 23.2 Å². The van der Waals surface area contributed by atoms with Gasteiger partial charge >= 0.3 is 6.36 Å². The molecule has 0 saturated carbocycles. The summed E-state index contributed by atoms with van der Waals surface area (Å²) in [6, 6.07) is 1.18. The van der Waals surface area contributed by atoms with E-state index in [1.54, 1.807) is 0 Å². The Hall–Kier alpha value is -0.720. The molecule has 0 saturated heterocycles. The lowest BCUT2D eigenvalue weighted by molar-refractivity contribution is -0.276. The molecule has 0 bridgehead atoms. The molecule has 0 amide bonds. The van der Waals surface area contributed by atoms with Gasteiger partial charge in [-0.2, -0.15) is 4.98 Å². The minimum Gasteiger partial charge on any atom is -0.386 e. The molecule has 3 nitrogen and oxygen atoms in total. The van der Waals surface area contributed by atoms with Gasteiger partial charge in [-0.05, 0) is 6.07 Å². The van der Waals surface area contributed by atoms with Gasteiger partial charge in [0.2, 0.25) is 5.88 Å². The van der Waals surface area contributed by atoms with Crippen LogP contribution in [-0.2, 0) is 6.54 Å². The van der Waals surface area contributed by atoms with Gasteiger partial charge in [0.1, 0.15) is 10.2 Å². The highest BCUT2D eigenvalue weighted by Gasteiger charge is 2.33. The molecular formula is C7H5Cl2F3N2O. The van der Waals surface area contributed by atoms with Crippen molar-refractivity contribution in [1.29, 1.82) is 0 Å². The third-order valence-electron chi connectivity index (χ3n) is 1.40. The highest BCUT2D eigenvalue weighted by molar-refractivity contribution is 6.33. The van der Waals surface area contributed by atoms with Crippen LogP contribution in [0.25, 0.3) is 0 Å². The van der Waals surface area contributed by atoms with Crippen molar-refractivity contribution in [1.82, 2.24) is 4.98 Å². The Morgan fingerprint density at radius 1 is 1.40 bits per heavy atom. The first-order valence-electron chi connectivity index (χ1n) is 3.64. The molecule has 0 spiro atoms. The molecular weight excluding hydrogens is 256 g/mol. The third kappa shape index (κ3) is 3.40. The van der Waals surface area contributed by atoms with E-state index in [0.29, 0.717) is 5.56 Å². The molecule has 2 N–H and O–H groups in total. The van der Waals surface area contributed by atoms with Crippen molar-refractivity contribution in [3.63, 3.8) is 0 Å². The van der Waals surface area contributed by atoms with Gasteiger partial charge in [-0.15, -0.1) is 13.2 Å². The van der Waals surface area contributed by atoms with Gasteiger partial charge in [0.15, 0.2) is 0 Å². The fourth-order valence-corrected chi connectivity index (χ4v) is 1.23. The maximum Gasteiger partial charge on any atom is 0.574 e. The number of ether oxygens (including phenoxy) is 1. The number of halogens is 5. The van der Waals surface area contributed by atoms with Crippen LogP contribution in [0, 0.1) is 0 Å². The monoisotopic (exact) mass is 260 g/mol. The molecule has 15 heavy (non-hydrogen) atoms. The smallest absolute Gasteiger partial charge is 0.386 e. The molecule has 0 atom stereocenters. The number of nitrogens with two attached hydrogens (primary N) is 1. The Morgan fingerprint density at radius 2 is 2.00 bits per heavy atom. The molecule has 0 aliphatic rings. The number of nitrogens with zero attached hydrogens (tertiary/aromatic N) is 1. The standard InChI is InChI=1S/C7H5Cl2F3N2O/c8-4-1-3(2-13)5(9)14-6(4)15-7(10,11)12/h1H,2,13H2. The predicted octanol–water partition coefficient (Wildman–Crippen LogP) is 2.75. The summed E-state index contributed by atoms with van der Waals surface area (Å²) in [6.07, 6.45) is -4.86. The second kappa shape index (κ2) is 4.42. The number of aromatic nitrogens is 1. The number of pyridine rings is 1. The van der Waals surface area contributed by atoms with Gasteiger partial charge in [-0.25, -0.2) is 0 Å². The van der Waals surface area contributed by atoms with E-state index >= 15 is 0 Å². The Kier molecular flexibility index (Phi) is 3.64. The molecule has 8 heteroatoms. The van der Waals surface area contributed by atoms with Crippen LogP contribution in [0.4, 0.5) is 13.2 Å². The van der Waals surface area contributed by atoms with Gasteiger partial charge in [-0.3, -0.25) is 0 Å². The molecule has 1 rings (SSSR count). The van der Waals surface area contributed by atoms with Gasteiger partial charge in [0.25, 0.3) is 0 Å². The molecule has 0 aromatic carbocycles. The summed E-state index contributed by atoms with van der Waals surface area (Å²) >= 11 is 11.0. The van der Waals surface area contributed by atoms with Crippen molar-refractivity contribution >= 4 is 23.2 Å². The van der Waals surface area contributed by atoms with Crippen LogP contribution in [0.2, 0.25) is 10.2 Å². The van der Waals surface area contributed by atoms with E-state index in [-0.39, 0.29) is 16.7 Å². The topological polar surface area (TPSA) is 48.1 Å². The largest absolute Gasteiger partial charge is 0.574 e. The minimum absolute atomic E-state index is 0.0256. The highest BCUT2D eigenvalue weighted by Crippen LogP contribution is 2.31. The molecule has 0 radical (unpaired) electrons. The van der Waals surface area contributed by atoms with Crippen LogP contribution in [0.15, 0.2) is 6.07 Å². The Bertz CT molecular complexity index is 370. The van der Waals surface area contributed by atoms with E-state index in [4.69, 9.17) is 28.9 Å². The Labute approximate surface area is 92.9 Å². The molecule has 0 unspecified atom stereocenters. The molecule has 0 aliphatic carbocycles. The van der Waals surface area contributed by atoms with E-state index in [9.17, 15) is 13.2 Å². The lowest BCUT2D eigenvalue weighted by Gasteiger charge is -2.10. The minimum atomic E-state index is -4.86. The summed E-state index contributed by atoms with van der Waals surface area (Å²) in [5.41, 5.74) is 5.59. The van der Waals surface area contributed by atoms with Crippen LogP contribution in [0.1, 0.15) is 5.56 Å². The molecule has 1 aromatic heterocycles. The van der Waals surface area contributed by atoms with Crippen LogP contribution in [0.5, 0.6) is 5.88 Å². The van der Waals surface area contributed by atoms with Crippen molar-refractivity contribution in [2.75, 3.05) is 0 Å². The van der Waals surface area contributed by atoms with Gasteiger partial charge in [0, 0.05) is 12.1 Å². The SMILES string of the molecule is NCc1cc(Cl)c(OC(F)(F)F)nc1Cl. The molecule has 1 heterocycles. The zero-order valence-electron chi connectivity index (χ0n) is 7.11. The van der Waals surface area contributed by atoms with Crippen molar-refractivity contribution in [2.45, 2.75) is 12.9 Å². The molecule has 1 aromatic rings. The second-order valence-electron chi connectivity index (χ2n) is 2.48. The molecule has 0 aliphatic heterocycles. The Balaban J connectivity index is 3.05. The van der Waals surface area contributed by atoms with Crippen LogP contribution in [-0.4, -0.2) is 11.3 Å². The fraction of sp³-hybridized carbons (Fsp3) is 0.286. The van der Waals surface area contributed by atoms with Crippen LogP contribution in [0.3, 0.4) is 0 Å². The van der Waals surface area contributed by atoms with E-state index < -0.39 is 12.2 Å². The van der Waals surface area contributed by atoms with Crippen molar-refractivity contribution in [3.05, 3.63) is 21.8 Å². The van der Waals surface area contributed by atoms with E-state index in [0.717, 1.165) is 0 Å². The first kappa shape index (κ1) is 12.4. The summed E-state index contributed by atoms with van der Waals surface area (Å²) in [5.74, 6) is -0.786. The quantitative estimate of drug-likeness (QED) is 0.832. The highest BCUT2D eigenvalue weighted by atomic mass is 35.5. The van der Waals surface area contributed by atoms with Crippen molar-refractivity contribution in [3.8, 4) is 5.88 Å². The lowest BCUT2D eigenvalue weighted by atomic mass is 10.3. The zero-order valence-corrected chi connectivity index (χ0v) is 8.62. The maximum absolute atomic E-state index is 11.8. The normalized spacial score (nSPS) is 11.6. The van der Waals surface area contributed by atoms with E-state index in [1.807, 2.05) is 0 Å². The number of rotatable bonds is 2. The van der Waals surface area contributed by atoms with E-state index in [1.165, 1.54) is 6.07 Å². The lowest BCUT2D eigenvalue weighted by Crippen LogP contribution is -2.18. The summed E-state index contributed by atoms with van der Waals surface area (Å²) < 4.78 is 39.1. The third-order valence-corrected chi connectivity index (χ3v) is 2.00. The first-order chi connectivity index (χ1) is 6.83. The first-order valence-corrected chi connectivity index (χ1v) is 4.40. The maximum atomic E-state index is 11.8. The average molecular weight is 261 g/mol. The number of alkyl halides is 3. The summed E-state index contributed by atoms with van der Waals surface area (Å²) in [6.45, 7) is 0.0256. The fourth-order valence-electron chi connectivity index (χ4n) is 0.813. The Morgan fingerprint density at radius 3 is 2.47 bits per heavy atom. The average Bonchev–Trinajstić information content (AvgIpc) is 2.08. The second-order valence-corrected chi connectivity index (χ2v) is 3.24. The van der Waals surface area contributed by atoms with E-state index in [2.05, 4.69) is 9.72 Å². The zero-order chi connectivity index (χ0) is 11.6. The predicted molar refractivity (Wildman–Crippen MR) is 48.8 cm³/mol. The van der Waals surface area contributed by atoms with Gasteiger partial charge in [-0.1, -0.05) is 23.2 Å². The molecule has 0 fully saturated rings. The van der Waals surface area contributed by atoms with Crippen LogP contribution < -0.4 is 10.5 Å². The van der Waals surface area contributed by atoms with Gasteiger partial charge in [0.05, 0.1) is 0 Å². The molecule has 84 valence electrons. The summed E-state index contributed by atoms with van der Waals surface area (Å²) in [4.78, 5) is 3.34. The number of hydrogen-bond acceptors (Lipinski definition) is 3. The van der Waals surface area contributed by atoms with Gasteiger partial charge < -0.3 is 10.5 Å². The summed E-state index contributed by atoms with van der Waals surface area (Å²) in [5, 5.41) is -0.460. The van der Waals surface area contributed by atoms with Crippen molar-refractivity contribution < 1.29 is 17.9 Å². The van der Waals surface area contributed by atoms with Crippen molar-refractivity contribution in [2.24, 2.45) is 5.73 Å². The number of hydrogen-bond donors (Lipinski definition) is 1. The summed E-state index contributed by atoms with van der Waals surface area (Å²) in [7, 11) is 0.